The Hall–Kier alpha value is -3.64. The van der Waals surface area contributed by atoms with Gasteiger partial charge in [-0.3, -0.25) is 0 Å². The van der Waals surface area contributed by atoms with Gasteiger partial charge in [0.15, 0.2) is 0 Å². The van der Waals surface area contributed by atoms with E-state index in [9.17, 15) is 9.59 Å². The molecule has 11 nitrogen and oxygen atoms in total. The third-order valence-corrected chi connectivity index (χ3v) is 5.59. The number of hydrogen-bond donors (Lipinski definition) is 1. The summed E-state index contributed by atoms with van der Waals surface area (Å²) >= 11 is 0. The van der Waals surface area contributed by atoms with Gasteiger partial charge in [0, 0.05) is 0 Å². The summed E-state index contributed by atoms with van der Waals surface area (Å²) in [5, 5.41) is 17.3. The summed E-state index contributed by atoms with van der Waals surface area (Å²) in [6.07, 6.45) is 0. The van der Waals surface area contributed by atoms with E-state index in [-0.39, 0.29) is 46.6 Å². The van der Waals surface area contributed by atoms with E-state index >= 15 is 0 Å². The van der Waals surface area contributed by atoms with Gasteiger partial charge in [-0.2, -0.15) is 0 Å². The second kappa shape index (κ2) is 16.5. The summed E-state index contributed by atoms with van der Waals surface area (Å²) in [6, 6.07) is 19.4. The number of aromatic nitrogens is 4. The average molecular weight is 561 g/mol. The first-order valence-corrected chi connectivity index (χ1v) is 12.1. The zero-order chi connectivity index (χ0) is 27.7. The number of nitrogens with zero attached hydrogens (tertiary/aromatic N) is 4. The Bertz CT molecular complexity index is 1370. The van der Waals surface area contributed by atoms with Crippen molar-refractivity contribution in [1.82, 2.24) is 19.9 Å². The number of esters is 1. The molecule has 0 unspecified atom stereocenters. The van der Waals surface area contributed by atoms with Crippen LogP contribution in [0.15, 0.2) is 60.7 Å². The van der Waals surface area contributed by atoms with Gasteiger partial charge in [-0.25, -0.2) is 9.59 Å². The molecule has 4 aromatic rings. The third-order valence-electron chi connectivity index (χ3n) is 5.59. The van der Waals surface area contributed by atoms with Crippen LogP contribution in [0.25, 0.3) is 0 Å². The SMILES string of the molecule is CCOC(=O)c1c(C)nn(OCc2ccccc2)c1C.Cc1nn(OCc2ccccc2)c(C)c1C(=O)O.[Na+].[OH-]. The Kier molecular flexibility index (Phi) is 14.2. The molecule has 0 saturated carbocycles. The van der Waals surface area contributed by atoms with E-state index in [1.807, 2.05) is 60.7 Å². The van der Waals surface area contributed by atoms with Crippen LogP contribution in [0.4, 0.5) is 0 Å². The minimum atomic E-state index is -0.987. The molecule has 0 aliphatic carbocycles. The number of aryl methyl sites for hydroxylation is 2. The molecule has 4 rings (SSSR count). The summed E-state index contributed by atoms with van der Waals surface area (Å²) in [5.41, 5.74) is 4.91. The van der Waals surface area contributed by atoms with Crippen LogP contribution in [-0.2, 0) is 18.0 Å². The van der Waals surface area contributed by atoms with Gasteiger partial charge in [-0.1, -0.05) is 60.7 Å². The molecule has 0 amide bonds. The molecule has 40 heavy (non-hydrogen) atoms. The normalized spacial score (nSPS) is 9.82. The van der Waals surface area contributed by atoms with E-state index in [0.29, 0.717) is 48.2 Å². The van der Waals surface area contributed by atoms with Crippen molar-refractivity contribution in [2.24, 2.45) is 0 Å². The quantitative estimate of drug-likeness (QED) is 0.233. The maximum atomic E-state index is 11.8. The van der Waals surface area contributed by atoms with Crippen LogP contribution in [-0.4, -0.2) is 49.0 Å². The molecule has 2 aromatic heterocycles. The molecule has 0 radical (unpaired) electrons. The maximum absolute atomic E-state index is 11.8. The van der Waals surface area contributed by atoms with Crippen molar-refractivity contribution in [1.29, 1.82) is 0 Å². The molecule has 0 bridgehead atoms. The molecular formula is C28H33N4NaO7. The van der Waals surface area contributed by atoms with E-state index < -0.39 is 5.97 Å². The molecule has 12 heteroatoms. The zero-order valence-electron chi connectivity index (χ0n) is 23.6. The number of carboxylic acid groups (broad SMARTS) is 1. The van der Waals surface area contributed by atoms with Gasteiger partial charge >= 0.3 is 41.5 Å². The number of aromatic carboxylic acids is 1. The maximum Gasteiger partial charge on any atom is 1.00 e. The minimum Gasteiger partial charge on any atom is -0.870 e. The van der Waals surface area contributed by atoms with Crippen molar-refractivity contribution in [3.63, 3.8) is 0 Å². The van der Waals surface area contributed by atoms with Crippen LogP contribution in [0.2, 0.25) is 0 Å². The average Bonchev–Trinajstić information content (AvgIpc) is 3.36. The van der Waals surface area contributed by atoms with Crippen molar-refractivity contribution in [2.45, 2.75) is 47.8 Å². The van der Waals surface area contributed by atoms with E-state index in [1.54, 1.807) is 34.6 Å². The molecule has 2 N–H and O–H groups in total. The Morgan fingerprint density at radius 2 is 1.15 bits per heavy atom. The summed E-state index contributed by atoms with van der Waals surface area (Å²) in [4.78, 5) is 36.6. The molecule has 0 saturated heterocycles. The van der Waals surface area contributed by atoms with Crippen molar-refractivity contribution < 1.29 is 64.1 Å². The van der Waals surface area contributed by atoms with Gasteiger partial charge < -0.3 is 25.0 Å². The topological polar surface area (TPSA) is 148 Å². The predicted octanol–water partition coefficient (Wildman–Crippen LogP) is 0.960. The molecule has 208 valence electrons. The number of carbonyl (C=O) groups excluding carboxylic acids is 1. The number of ether oxygens (including phenoxy) is 1. The molecule has 0 atom stereocenters. The summed E-state index contributed by atoms with van der Waals surface area (Å²) < 4.78 is 5.02. The predicted molar refractivity (Wildman–Crippen MR) is 142 cm³/mol. The van der Waals surface area contributed by atoms with E-state index in [2.05, 4.69) is 10.2 Å². The molecule has 0 spiro atoms. The van der Waals surface area contributed by atoms with Crippen LogP contribution in [0.3, 0.4) is 0 Å². The van der Waals surface area contributed by atoms with Crippen LogP contribution in [0.5, 0.6) is 0 Å². The van der Waals surface area contributed by atoms with Gasteiger partial charge in [0.1, 0.15) is 24.3 Å². The van der Waals surface area contributed by atoms with Crippen molar-refractivity contribution in [3.8, 4) is 0 Å². The van der Waals surface area contributed by atoms with Gasteiger partial charge in [0.25, 0.3) is 0 Å². The van der Waals surface area contributed by atoms with Gasteiger partial charge in [-0.05, 0) is 45.7 Å². The number of carbonyl (C=O) groups is 2. The van der Waals surface area contributed by atoms with Crippen LogP contribution >= 0.6 is 0 Å². The number of carboxylic acids is 1. The molecule has 2 aromatic carbocycles. The minimum absolute atomic E-state index is 0. The second-order valence-electron chi connectivity index (χ2n) is 8.38. The second-order valence-corrected chi connectivity index (χ2v) is 8.38. The van der Waals surface area contributed by atoms with Crippen molar-refractivity contribution in [2.75, 3.05) is 6.61 Å². The number of benzene rings is 2. The fourth-order valence-corrected chi connectivity index (χ4v) is 3.72. The van der Waals surface area contributed by atoms with Gasteiger partial charge in [0.05, 0.1) is 29.4 Å². The Balaban J connectivity index is 0.000000383. The van der Waals surface area contributed by atoms with Crippen LogP contribution in [0, 0.1) is 27.7 Å². The number of rotatable bonds is 9. The molecule has 0 aliphatic heterocycles. The summed E-state index contributed by atoms with van der Waals surface area (Å²) in [7, 11) is 0. The largest absolute Gasteiger partial charge is 1.00 e. The number of hydrogen-bond acceptors (Lipinski definition) is 8. The van der Waals surface area contributed by atoms with Crippen molar-refractivity contribution in [3.05, 3.63) is 106 Å². The van der Waals surface area contributed by atoms with Crippen LogP contribution < -0.4 is 39.2 Å². The van der Waals surface area contributed by atoms with E-state index in [4.69, 9.17) is 19.5 Å². The van der Waals surface area contributed by atoms with Crippen LogP contribution in [0.1, 0.15) is 61.5 Å². The van der Waals surface area contributed by atoms with E-state index in [1.165, 1.54) is 9.69 Å². The molecule has 0 aliphatic rings. The first-order valence-electron chi connectivity index (χ1n) is 12.1. The Morgan fingerprint density at radius 1 is 0.750 bits per heavy atom. The first kappa shape index (κ1) is 34.4. The molecule has 2 heterocycles. The van der Waals surface area contributed by atoms with Gasteiger partial charge in [0.2, 0.25) is 0 Å². The fraction of sp³-hybridized carbons (Fsp3) is 0.286. The smallest absolute Gasteiger partial charge is 0.870 e. The van der Waals surface area contributed by atoms with Crippen molar-refractivity contribution >= 4 is 11.9 Å². The Labute approximate surface area is 255 Å². The summed E-state index contributed by atoms with van der Waals surface area (Å²) in [5.74, 6) is -1.35. The fourth-order valence-electron chi connectivity index (χ4n) is 3.72. The molecular weight excluding hydrogens is 527 g/mol. The Morgan fingerprint density at radius 3 is 1.52 bits per heavy atom. The van der Waals surface area contributed by atoms with Gasteiger partial charge in [-0.15, -0.1) is 19.9 Å². The monoisotopic (exact) mass is 560 g/mol. The zero-order valence-corrected chi connectivity index (χ0v) is 25.6. The third kappa shape index (κ3) is 8.95. The van der Waals surface area contributed by atoms with E-state index in [0.717, 1.165) is 11.1 Å². The standard InChI is InChI=1S/C15H18N2O3.C13H14N2O3.Na.H2O/c1-4-19-15(18)14-11(2)16-17(12(14)3)20-10-13-8-6-5-7-9-13;1-9-12(13(16)17)10(2)15(14-9)18-8-11-6-4-3-5-7-11;;/h5-9H,4,10H2,1-3H3;3-7H,8H2,1-2H3,(H,16,17);;1H2/q;;+1;/p-1. The first-order chi connectivity index (χ1) is 18.2. The summed E-state index contributed by atoms with van der Waals surface area (Å²) in [6.45, 7) is 9.74. The molecule has 0 fully saturated rings.